The number of aliphatic hydroxyl groups excluding tert-OH is 1. The van der Waals surface area contributed by atoms with Gasteiger partial charge in [-0.2, -0.15) is 0 Å². The molecule has 2 aromatic rings. The lowest BCUT2D eigenvalue weighted by Crippen LogP contribution is -1.92. The van der Waals surface area contributed by atoms with Gasteiger partial charge in [0.2, 0.25) is 0 Å². The molecule has 1 N–H and O–H groups in total. The molecule has 2 rings (SSSR count). The predicted octanol–water partition coefficient (Wildman–Crippen LogP) is 3.43. The first-order valence-corrected chi connectivity index (χ1v) is 6.55. The number of thioether (sulfide) groups is 1. The maximum atomic E-state index is 9.50. The van der Waals surface area contributed by atoms with E-state index in [9.17, 15) is 5.11 Å². The number of nitrogens with zero attached hydrogens (tertiary/aromatic N) is 1. The fourth-order valence-electron chi connectivity index (χ4n) is 1.50. The van der Waals surface area contributed by atoms with Crippen molar-refractivity contribution >= 4 is 11.8 Å². The summed E-state index contributed by atoms with van der Waals surface area (Å²) in [6, 6.07) is 14.1. The molecule has 0 saturated heterocycles. The topological polar surface area (TPSA) is 33.1 Å². The van der Waals surface area contributed by atoms with Gasteiger partial charge < -0.3 is 5.11 Å². The number of hydrogen-bond acceptors (Lipinski definition) is 3. The van der Waals surface area contributed by atoms with E-state index in [1.165, 1.54) is 5.56 Å². The average molecular weight is 245 g/mol. The zero-order valence-electron chi connectivity index (χ0n) is 9.71. The molecule has 2 nitrogen and oxygen atoms in total. The van der Waals surface area contributed by atoms with Crippen molar-refractivity contribution in [3.63, 3.8) is 0 Å². The smallest absolute Gasteiger partial charge is 0.0966 e. The third-order valence-electron chi connectivity index (χ3n) is 2.47. The molecule has 0 amide bonds. The summed E-state index contributed by atoms with van der Waals surface area (Å²) >= 11 is 1.68. The van der Waals surface area contributed by atoms with Crippen LogP contribution in [-0.4, -0.2) is 10.1 Å². The molecule has 1 heterocycles. The fourth-order valence-corrected chi connectivity index (χ4v) is 2.36. The Morgan fingerprint density at radius 1 is 1.24 bits per heavy atom. The lowest BCUT2D eigenvalue weighted by atomic mass is 10.2. The molecule has 0 spiro atoms. The second kappa shape index (κ2) is 5.84. The average Bonchev–Trinajstić information content (AvgIpc) is 2.38. The zero-order chi connectivity index (χ0) is 12.1. The van der Waals surface area contributed by atoms with E-state index in [0.717, 1.165) is 16.3 Å². The summed E-state index contributed by atoms with van der Waals surface area (Å²) in [4.78, 5) is 4.29. The van der Waals surface area contributed by atoms with E-state index in [1.807, 2.05) is 30.3 Å². The summed E-state index contributed by atoms with van der Waals surface area (Å²) in [7, 11) is 0. The Bertz CT molecular complexity index is 471. The van der Waals surface area contributed by atoms with Crippen molar-refractivity contribution in [1.82, 2.24) is 4.98 Å². The quantitative estimate of drug-likeness (QED) is 0.838. The van der Waals surface area contributed by atoms with Gasteiger partial charge in [0.05, 0.1) is 11.1 Å². The van der Waals surface area contributed by atoms with Gasteiger partial charge in [0.25, 0.3) is 0 Å². The molecule has 88 valence electrons. The van der Waals surface area contributed by atoms with Crippen LogP contribution in [0.5, 0.6) is 0 Å². The van der Waals surface area contributed by atoms with Crippen molar-refractivity contribution in [2.75, 3.05) is 0 Å². The molecule has 1 atom stereocenters. The van der Waals surface area contributed by atoms with E-state index in [2.05, 4.69) is 17.1 Å². The number of benzene rings is 1. The van der Waals surface area contributed by atoms with Crippen LogP contribution < -0.4 is 0 Å². The van der Waals surface area contributed by atoms with Crippen LogP contribution in [0.4, 0.5) is 0 Å². The first-order chi connectivity index (χ1) is 8.25. The highest BCUT2D eigenvalue weighted by atomic mass is 32.2. The Kier molecular flexibility index (Phi) is 4.18. The van der Waals surface area contributed by atoms with E-state index < -0.39 is 6.10 Å². The molecule has 0 radical (unpaired) electrons. The summed E-state index contributed by atoms with van der Waals surface area (Å²) in [5.74, 6) is 0.900. The minimum absolute atomic E-state index is 0.436. The minimum Gasteiger partial charge on any atom is -0.389 e. The van der Waals surface area contributed by atoms with E-state index in [1.54, 1.807) is 24.9 Å². The largest absolute Gasteiger partial charge is 0.389 e. The van der Waals surface area contributed by atoms with Crippen molar-refractivity contribution in [2.24, 2.45) is 0 Å². The summed E-state index contributed by atoms with van der Waals surface area (Å²) in [5, 5.41) is 10.4. The van der Waals surface area contributed by atoms with Gasteiger partial charge in [-0.1, -0.05) is 30.3 Å². The highest BCUT2D eigenvalue weighted by Crippen LogP contribution is 2.23. The summed E-state index contributed by atoms with van der Waals surface area (Å²) in [5.41, 5.74) is 2.19. The lowest BCUT2D eigenvalue weighted by molar-refractivity contribution is 0.199. The van der Waals surface area contributed by atoms with E-state index >= 15 is 0 Å². The highest BCUT2D eigenvalue weighted by molar-refractivity contribution is 7.98. The first-order valence-electron chi connectivity index (χ1n) is 5.56. The number of hydrogen-bond donors (Lipinski definition) is 1. The van der Waals surface area contributed by atoms with Gasteiger partial charge in [-0.25, -0.2) is 4.98 Å². The van der Waals surface area contributed by atoms with Gasteiger partial charge in [-0.05, 0) is 30.2 Å². The summed E-state index contributed by atoms with van der Waals surface area (Å²) < 4.78 is 0. The monoisotopic (exact) mass is 245 g/mol. The molecule has 0 fully saturated rings. The van der Waals surface area contributed by atoms with Crippen molar-refractivity contribution in [3.05, 3.63) is 59.8 Å². The van der Waals surface area contributed by atoms with Gasteiger partial charge in [-0.3, -0.25) is 0 Å². The third kappa shape index (κ3) is 3.58. The van der Waals surface area contributed by atoms with Crippen LogP contribution in [-0.2, 0) is 5.75 Å². The Balaban J connectivity index is 2.02. The first kappa shape index (κ1) is 12.1. The molecule has 1 unspecified atom stereocenters. The maximum Gasteiger partial charge on any atom is 0.0966 e. The zero-order valence-corrected chi connectivity index (χ0v) is 10.5. The second-order valence-electron chi connectivity index (χ2n) is 3.88. The molecule has 0 bridgehead atoms. The molecule has 3 heteroatoms. The van der Waals surface area contributed by atoms with E-state index in [-0.39, 0.29) is 0 Å². The third-order valence-corrected chi connectivity index (χ3v) is 3.47. The molecule has 17 heavy (non-hydrogen) atoms. The molecule has 0 aliphatic rings. The Morgan fingerprint density at radius 2 is 2.00 bits per heavy atom. The molecule has 0 saturated carbocycles. The lowest BCUT2D eigenvalue weighted by Gasteiger charge is -2.06. The van der Waals surface area contributed by atoms with Crippen molar-refractivity contribution < 1.29 is 5.11 Å². The fraction of sp³-hybridized carbons (Fsp3) is 0.214. The summed E-state index contributed by atoms with van der Waals surface area (Å²) in [6.07, 6.45) is 1.31. The second-order valence-corrected chi connectivity index (χ2v) is 4.87. The van der Waals surface area contributed by atoms with Crippen LogP contribution in [0.2, 0.25) is 0 Å². The van der Waals surface area contributed by atoms with Gasteiger partial charge in [-0.15, -0.1) is 11.8 Å². The van der Waals surface area contributed by atoms with Crippen LogP contribution in [0.15, 0.2) is 53.7 Å². The SMILES string of the molecule is CC(O)c1ccnc(SCc2ccccc2)c1. The van der Waals surface area contributed by atoms with E-state index in [0.29, 0.717) is 0 Å². The van der Waals surface area contributed by atoms with Crippen LogP contribution >= 0.6 is 11.8 Å². The van der Waals surface area contributed by atoms with E-state index in [4.69, 9.17) is 0 Å². The molecule has 0 aliphatic carbocycles. The van der Waals surface area contributed by atoms with Crippen LogP contribution in [0.25, 0.3) is 0 Å². The number of pyridine rings is 1. The van der Waals surface area contributed by atoms with Gasteiger partial charge in [0.15, 0.2) is 0 Å². The minimum atomic E-state index is -0.436. The molecule has 0 aliphatic heterocycles. The van der Waals surface area contributed by atoms with Crippen LogP contribution in [0.1, 0.15) is 24.2 Å². The molecule has 1 aromatic heterocycles. The summed E-state index contributed by atoms with van der Waals surface area (Å²) in [6.45, 7) is 1.76. The van der Waals surface area contributed by atoms with Crippen LogP contribution in [0, 0.1) is 0 Å². The Morgan fingerprint density at radius 3 is 2.71 bits per heavy atom. The maximum absolute atomic E-state index is 9.50. The number of aromatic nitrogens is 1. The van der Waals surface area contributed by atoms with Crippen LogP contribution in [0.3, 0.4) is 0 Å². The molecular weight excluding hydrogens is 230 g/mol. The normalized spacial score (nSPS) is 12.4. The number of aliphatic hydroxyl groups is 1. The van der Waals surface area contributed by atoms with Gasteiger partial charge >= 0.3 is 0 Å². The van der Waals surface area contributed by atoms with Crippen molar-refractivity contribution in [3.8, 4) is 0 Å². The highest BCUT2D eigenvalue weighted by Gasteiger charge is 2.03. The van der Waals surface area contributed by atoms with Crippen molar-refractivity contribution in [2.45, 2.75) is 23.8 Å². The number of rotatable bonds is 4. The molecule has 1 aromatic carbocycles. The standard InChI is InChI=1S/C14H15NOS/c1-11(16)13-7-8-15-14(9-13)17-10-12-5-3-2-4-6-12/h2-9,11,16H,10H2,1H3. The van der Waals surface area contributed by atoms with Gasteiger partial charge in [0.1, 0.15) is 0 Å². The Labute approximate surface area is 106 Å². The Hall–Kier alpha value is -1.32. The predicted molar refractivity (Wildman–Crippen MR) is 70.9 cm³/mol. The molecular formula is C14H15NOS. The van der Waals surface area contributed by atoms with Crippen molar-refractivity contribution in [1.29, 1.82) is 0 Å². The van der Waals surface area contributed by atoms with Gasteiger partial charge in [0, 0.05) is 11.9 Å².